The van der Waals surface area contributed by atoms with Crippen LogP contribution in [0.25, 0.3) is 0 Å². The molecule has 0 saturated carbocycles. The maximum absolute atomic E-state index is 10.3. The zero-order valence-corrected chi connectivity index (χ0v) is 12.9. The van der Waals surface area contributed by atoms with Crippen LogP contribution >= 0.6 is 0 Å². The van der Waals surface area contributed by atoms with Crippen molar-refractivity contribution in [2.45, 2.75) is 32.0 Å². The van der Waals surface area contributed by atoms with Crippen molar-refractivity contribution >= 4 is 0 Å². The molecule has 2 heterocycles. The number of likely N-dealkylation sites (tertiary alicyclic amines) is 1. The van der Waals surface area contributed by atoms with E-state index in [1.54, 1.807) is 0 Å². The third-order valence-corrected chi connectivity index (χ3v) is 4.69. The molecule has 0 radical (unpaired) electrons. The van der Waals surface area contributed by atoms with Crippen LogP contribution in [0, 0.1) is 0 Å². The van der Waals surface area contributed by atoms with Crippen molar-refractivity contribution < 1.29 is 9.84 Å². The molecule has 1 aromatic rings. The van der Waals surface area contributed by atoms with Crippen LogP contribution in [0.15, 0.2) is 24.3 Å². The molecule has 4 heteroatoms. The normalized spacial score (nSPS) is 28.1. The molecular formula is C17H26N2O2. The molecule has 0 amide bonds. The number of morpholine rings is 1. The molecule has 0 aromatic heterocycles. The largest absolute Gasteiger partial charge is 0.390 e. The second-order valence-electron chi connectivity index (χ2n) is 6.15. The Balaban J connectivity index is 1.57. The minimum Gasteiger partial charge on any atom is -0.390 e. The highest BCUT2D eigenvalue weighted by molar-refractivity contribution is 5.22. The first kappa shape index (κ1) is 15.0. The number of ether oxygens (including phenoxy) is 1. The maximum atomic E-state index is 10.3. The molecule has 4 nitrogen and oxygen atoms in total. The minimum atomic E-state index is -0.238. The number of rotatable bonds is 4. The van der Waals surface area contributed by atoms with Crippen molar-refractivity contribution in [2.24, 2.45) is 0 Å². The fraction of sp³-hybridized carbons (Fsp3) is 0.647. The van der Waals surface area contributed by atoms with Gasteiger partial charge in [-0.1, -0.05) is 31.2 Å². The van der Waals surface area contributed by atoms with E-state index in [1.165, 1.54) is 11.1 Å². The standard InChI is InChI=1S/C17H26N2O2/c1-2-14-3-5-15(6-4-14)11-18-12-16(17(20)13-18)19-7-9-21-10-8-19/h3-6,16-17,20H,2,7-13H2,1H3/t16-,17-/m0/s1. The Morgan fingerprint density at radius 2 is 1.76 bits per heavy atom. The van der Waals surface area contributed by atoms with Crippen LogP contribution in [0.2, 0.25) is 0 Å². The van der Waals surface area contributed by atoms with Crippen LogP contribution in [0.3, 0.4) is 0 Å². The van der Waals surface area contributed by atoms with Gasteiger partial charge in [0.2, 0.25) is 0 Å². The van der Waals surface area contributed by atoms with Gasteiger partial charge >= 0.3 is 0 Å². The van der Waals surface area contributed by atoms with E-state index in [-0.39, 0.29) is 12.1 Å². The Morgan fingerprint density at radius 1 is 1.10 bits per heavy atom. The van der Waals surface area contributed by atoms with E-state index in [2.05, 4.69) is 41.0 Å². The SMILES string of the molecule is CCc1ccc(CN2C[C@H](O)[C@@H](N3CCOCC3)C2)cc1. The Labute approximate surface area is 127 Å². The fourth-order valence-electron chi connectivity index (χ4n) is 3.38. The molecule has 116 valence electrons. The summed E-state index contributed by atoms with van der Waals surface area (Å²) in [7, 11) is 0. The van der Waals surface area contributed by atoms with E-state index in [0.717, 1.165) is 52.4 Å². The zero-order chi connectivity index (χ0) is 14.7. The predicted octanol–water partition coefficient (Wildman–Crippen LogP) is 1.13. The van der Waals surface area contributed by atoms with Crippen molar-refractivity contribution in [3.8, 4) is 0 Å². The van der Waals surface area contributed by atoms with Crippen LogP contribution < -0.4 is 0 Å². The van der Waals surface area contributed by atoms with Crippen molar-refractivity contribution in [3.63, 3.8) is 0 Å². The lowest BCUT2D eigenvalue weighted by Gasteiger charge is -2.33. The van der Waals surface area contributed by atoms with E-state index < -0.39 is 0 Å². The molecule has 0 spiro atoms. The van der Waals surface area contributed by atoms with Crippen LogP contribution in [0.4, 0.5) is 0 Å². The van der Waals surface area contributed by atoms with Gasteiger partial charge < -0.3 is 9.84 Å². The molecule has 2 saturated heterocycles. The molecule has 21 heavy (non-hydrogen) atoms. The number of hydrogen-bond donors (Lipinski definition) is 1. The molecular weight excluding hydrogens is 264 g/mol. The van der Waals surface area contributed by atoms with Crippen molar-refractivity contribution in [1.82, 2.24) is 9.80 Å². The topological polar surface area (TPSA) is 35.9 Å². The summed E-state index contributed by atoms with van der Waals surface area (Å²) in [6, 6.07) is 9.12. The second-order valence-corrected chi connectivity index (χ2v) is 6.15. The first-order chi connectivity index (χ1) is 10.3. The highest BCUT2D eigenvalue weighted by Gasteiger charge is 2.35. The molecule has 2 atom stereocenters. The zero-order valence-electron chi connectivity index (χ0n) is 12.9. The van der Waals surface area contributed by atoms with E-state index in [1.807, 2.05) is 0 Å². The Hall–Kier alpha value is -0.940. The van der Waals surface area contributed by atoms with Crippen LogP contribution in [-0.4, -0.2) is 66.4 Å². The summed E-state index contributed by atoms with van der Waals surface area (Å²) in [5.41, 5.74) is 2.72. The minimum absolute atomic E-state index is 0.238. The molecule has 1 aromatic carbocycles. The predicted molar refractivity (Wildman–Crippen MR) is 83.3 cm³/mol. The summed E-state index contributed by atoms with van der Waals surface area (Å²) in [6.07, 6.45) is 0.847. The average molecular weight is 290 g/mol. The number of hydrogen-bond acceptors (Lipinski definition) is 4. The molecule has 0 aliphatic carbocycles. The van der Waals surface area contributed by atoms with Gasteiger partial charge in [-0.3, -0.25) is 9.80 Å². The van der Waals surface area contributed by atoms with Gasteiger partial charge in [-0.2, -0.15) is 0 Å². The highest BCUT2D eigenvalue weighted by atomic mass is 16.5. The van der Waals surface area contributed by atoms with E-state index in [0.29, 0.717) is 0 Å². The molecule has 1 N–H and O–H groups in total. The van der Waals surface area contributed by atoms with Gasteiger partial charge in [0.25, 0.3) is 0 Å². The van der Waals surface area contributed by atoms with Crippen molar-refractivity contribution in [2.75, 3.05) is 39.4 Å². The third kappa shape index (κ3) is 3.64. The van der Waals surface area contributed by atoms with E-state index in [9.17, 15) is 5.11 Å². The molecule has 2 fully saturated rings. The number of aryl methyl sites for hydroxylation is 1. The first-order valence-electron chi connectivity index (χ1n) is 8.06. The molecule has 2 aliphatic heterocycles. The van der Waals surface area contributed by atoms with Gasteiger partial charge in [-0.25, -0.2) is 0 Å². The number of aliphatic hydroxyl groups is 1. The summed E-state index contributed by atoms with van der Waals surface area (Å²) in [6.45, 7) is 8.32. The molecule has 0 unspecified atom stereocenters. The lowest BCUT2D eigenvalue weighted by atomic mass is 10.1. The van der Waals surface area contributed by atoms with Crippen LogP contribution in [-0.2, 0) is 17.7 Å². The monoisotopic (exact) mass is 290 g/mol. The Kier molecular flexibility index (Phi) is 4.91. The smallest absolute Gasteiger partial charge is 0.0834 e. The van der Waals surface area contributed by atoms with Crippen molar-refractivity contribution in [3.05, 3.63) is 35.4 Å². The third-order valence-electron chi connectivity index (χ3n) is 4.69. The molecule has 3 rings (SSSR count). The fourth-order valence-corrected chi connectivity index (χ4v) is 3.38. The highest BCUT2D eigenvalue weighted by Crippen LogP contribution is 2.20. The second kappa shape index (κ2) is 6.88. The van der Waals surface area contributed by atoms with E-state index >= 15 is 0 Å². The number of nitrogens with zero attached hydrogens (tertiary/aromatic N) is 2. The Morgan fingerprint density at radius 3 is 2.43 bits per heavy atom. The van der Waals surface area contributed by atoms with Gasteiger partial charge in [-0.05, 0) is 17.5 Å². The summed E-state index contributed by atoms with van der Waals surface area (Å²) in [4.78, 5) is 4.75. The van der Waals surface area contributed by atoms with Crippen LogP contribution in [0.5, 0.6) is 0 Å². The Bertz CT molecular complexity index is 443. The van der Waals surface area contributed by atoms with E-state index in [4.69, 9.17) is 4.74 Å². The summed E-state index contributed by atoms with van der Waals surface area (Å²) >= 11 is 0. The quantitative estimate of drug-likeness (QED) is 0.902. The lowest BCUT2D eigenvalue weighted by Crippen LogP contribution is -2.48. The van der Waals surface area contributed by atoms with Gasteiger partial charge in [0.15, 0.2) is 0 Å². The average Bonchev–Trinajstić information content (AvgIpc) is 2.89. The molecule has 0 bridgehead atoms. The number of benzene rings is 1. The number of β-amino-alcohol motifs (C(OH)–C–C–N with tert-alkyl or cyclic N) is 1. The lowest BCUT2D eigenvalue weighted by molar-refractivity contribution is -0.00618. The van der Waals surface area contributed by atoms with Crippen molar-refractivity contribution in [1.29, 1.82) is 0 Å². The summed E-state index contributed by atoms with van der Waals surface area (Å²) in [5.74, 6) is 0. The first-order valence-corrected chi connectivity index (χ1v) is 8.06. The van der Waals surface area contributed by atoms with Crippen LogP contribution in [0.1, 0.15) is 18.1 Å². The van der Waals surface area contributed by atoms with Gasteiger partial charge in [0.1, 0.15) is 0 Å². The number of aliphatic hydroxyl groups excluding tert-OH is 1. The van der Waals surface area contributed by atoms with Gasteiger partial charge in [0.05, 0.1) is 19.3 Å². The molecule has 2 aliphatic rings. The maximum Gasteiger partial charge on any atom is 0.0834 e. The summed E-state index contributed by atoms with van der Waals surface area (Å²) in [5, 5.41) is 10.3. The van der Waals surface area contributed by atoms with Gasteiger partial charge in [-0.15, -0.1) is 0 Å². The van der Waals surface area contributed by atoms with Gasteiger partial charge in [0, 0.05) is 38.8 Å². The summed E-state index contributed by atoms with van der Waals surface area (Å²) < 4.78 is 5.40.